The first kappa shape index (κ1) is 31.4. The van der Waals surface area contributed by atoms with E-state index in [1.54, 1.807) is 24.3 Å². The van der Waals surface area contributed by atoms with Crippen LogP contribution in [0.4, 0.5) is 13.2 Å². The van der Waals surface area contributed by atoms with Crippen LogP contribution in [0, 0.1) is 0 Å². The highest BCUT2D eigenvalue weighted by molar-refractivity contribution is 7.86. The van der Waals surface area contributed by atoms with Crippen molar-refractivity contribution in [3.05, 3.63) is 107 Å². The number of benzene rings is 3. The molecule has 0 saturated carbocycles. The fraction of sp³-hybridized carbons (Fsp3) is 0.241. The number of amides is 2. The summed E-state index contributed by atoms with van der Waals surface area (Å²) in [6.45, 7) is 0. The monoisotopic (exact) mass is 617 g/mol. The number of halogens is 3. The van der Waals surface area contributed by atoms with Gasteiger partial charge in [-0.1, -0.05) is 72.8 Å². The summed E-state index contributed by atoms with van der Waals surface area (Å²) in [7, 11) is -1.05. The molecule has 1 saturated heterocycles. The van der Waals surface area contributed by atoms with E-state index in [2.05, 4.69) is 0 Å². The molecule has 2 heterocycles. The standard InChI is InChI=1S/C28H26N3O4.CHF3O3S/c1-29(2)25-23(31-26(32)20-16-10-11-17-21(20)27(31)33)24(28(34)35-3)30(25)22(18-12-6-4-7-13-18)19-14-8-5-9-15-19;2-1(3,4)8(5,6)7/h4-17,22-24H,1-3H3;(H,5,6,7)/q+1;/p-1/t23-,24-;/m0./s1. The second-order valence-electron chi connectivity index (χ2n) is 9.72. The minimum atomic E-state index is -6.09. The zero-order valence-electron chi connectivity index (χ0n) is 23.1. The van der Waals surface area contributed by atoms with Gasteiger partial charge in [0.15, 0.2) is 16.2 Å². The first-order chi connectivity index (χ1) is 20.2. The third-order valence-electron chi connectivity index (χ3n) is 6.92. The third kappa shape index (κ3) is 5.88. The van der Waals surface area contributed by atoms with Gasteiger partial charge in [0.05, 0.1) is 32.3 Å². The van der Waals surface area contributed by atoms with Crippen molar-refractivity contribution in [2.45, 2.75) is 23.6 Å². The molecule has 0 bridgehead atoms. The van der Waals surface area contributed by atoms with Crippen LogP contribution in [0.5, 0.6) is 0 Å². The molecular formula is C29H26F3N3O7S. The molecule has 1 fully saturated rings. The number of amidine groups is 1. The third-order valence-corrected chi connectivity index (χ3v) is 7.49. The number of nitrogens with zero attached hydrogens (tertiary/aromatic N) is 3. The number of carbonyl (C=O) groups excluding carboxylic acids is 3. The van der Waals surface area contributed by atoms with E-state index in [9.17, 15) is 27.6 Å². The van der Waals surface area contributed by atoms with E-state index in [-0.39, 0.29) is 6.04 Å². The van der Waals surface area contributed by atoms with Gasteiger partial charge in [-0.05, 0) is 12.1 Å². The van der Waals surface area contributed by atoms with Gasteiger partial charge in [-0.25, -0.2) is 18.1 Å². The summed E-state index contributed by atoms with van der Waals surface area (Å²) in [5, 5.41) is 0. The topological polar surface area (TPSA) is 127 Å². The van der Waals surface area contributed by atoms with Crippen molar-refractivity contribution in [1.29, 1.82) is 0 Å². The highest BCUT2D eigenvalue weighted by Gasteiger charge is 2.66. The van der Waals surface area contributed by atoms with Crippen LogP contribution < -0.4 is 0 Å². The Bertz CT molecular complexity index is 1600. The van der Waals surface area contributed by atoms with E-state index in [1.165, 1.54) is 12.0 Å². The molecule has 43 heavy (non-hydrogen) atoms. The van der Waals surface area contributed by atoms with E-state index < -0.39 is 45.5 Å². The summed E-state index contributed by atoms with van der Waals surface area (Å²) >= 11 is 0. The average Bonchev–Trinajstić information content (AvgIpc) is 3.20. The number of hydrogen-bond donors (Lipinski definition) is 0. The van der Waals surface area contributed by atoms with Gasteiger partial charge in [-0.15, -0.1) is 0 Å². The Kier molecular flexibility index (Phi) is 8.74. The van der Waals surface area contributed by atoms with Crippen molar-refractivity contribution in [3.8, 4) is 0 Å². The van der Waals surface area contributed by atoms with E-state index in [1.807, 2.05) is 84.2 Å². The van der Waals surface area contributed by atoms with Crippen LogP contribution in [0.15, 0.2) is 84.9 Å². The maximum atomic E-state index is 13.4. The van der Waals surface area contributed by atoms with Crippen molar-refractivity contribution >= 4 is 33.7 Å². The quantitative estimate of drug-likeness (QED) is 0.141. The maximum Gasteiger partial charge on any atom is 0.485 e. The van der Waals surface area contributed by atoms with Gasteiger partial charge in [0, 0.05) is 11.1 Å². The summed E-state index contributed by atoms with van der Waals surface area (Å²) in [6.07, 6.45) is 0. The Morgan fingerprint density at radius 3 is 1.60 bits per heavy atom. The van der Waals surface area contributed by atoms with Gasteiger partial charge >= 0.3 is 11.5 Å². The Morgan fingerprint density at radius 1 is 0.860 bits per heavy atom. The van der Waals surface area contributed by atoms with Crippen LogP contribution in [0.1, 0.15) is 37.9 Å². The molecule has 0 spiro atoms. The number of hydrogen-bond acceptors (Lipinski definition) is 7. The van der Waals surface area contributed by atoms with Crippen molar-refractivity contribution < 1.29 is 49.8 Å². The number of esters is 1. The van der Waals surface area contributed by atoms with Crippen LogP contribution >= 0.6 is 0 Å². The Balaban J connectivity index is 0.000000467. The number of likely N-dealkylation sites (tertiary alicyclic amines) is 1. The first-order valence-corrected chi connectivity index (χ1v) is 14.1. The largest absolute Gasteiger partial charge is 0.741 e. The molecule has 0 unspecified atom stereocenters. The second kappa shape index (κ2) is 12.0. The van der Waals surface area contributed by atoms with Gasteiger partial charge in [0.1, 0.15) is 6.04 Å². The highest BCUT2D eigenvalue weighted by atomic mass is 32.2. The summed E-state index contributed by atoms with van der Waals surface area (Å²) in [5.74, 6) is -0.624. The lowest BCUT2D eigenvalue weighted by atomic mass is 9.85. The molecule has 0 aliphatic carbocycles. The number of fused-ring (bicyclic) bond motifs is 1. The van der Waals surface area contributed by atoms with Gasteiger partial charge in [-0.2, -0.15) is 13.2 Å². The van der Waals surface area contributed by atoms with E-state index in [0.717, 1.165) is 11.1 Å². The van der Waals surface area contributed by atoms with Crippen molar-refractivity contribution in [2.24, 2.45) is 0 Å². The fourth-order valence-electron chi connectivity index (χ4n) is 5.16. The van der Waals surface area contributed by atoms with Gasteiger partial charge in [0.25, 0.3) is 17.6 Å². The summed E-state index contributed by atoms with van der Waals surface area (Å²) in [6, 6.07) is 24.5. The van der Waals surface area contributed by atoms with E-state index >= 15 is 0 Å². The average molecular weight is 618 g/mol. The minimum Gasteiger partial charge on any atom is -0.741 e. The number of rotatable bonds is 5. The molecule has 2 atom stereocenters. The molecule has 3 aromatic carbocycles. The molecule has 14 heteroatoms. The maximum absolute atomic E-state index is 13.4. The number of ether oxygens (including phenoxy) is 1. The molecule has 0 aromatic heterocycles. The molecule has 3 aromatic rings. The normalized spacial score (nSPS) is 18.1. The van der Waals surface area contributed by atoms with Crippen LogP contribution in [0.25, 0.3) is 0 Å². The molecule has 0 N–H and O–H groups in total. The lowest BCUT2D eigenvalue weighted by Gasteiger charge is -2.48. The predicted octanol–water partition coefficient (Wildman–Crippen LogP) is 3.02. The summed E-state index contributed by atoms with van der Waals surface area (Å²) < 4.78 is 66.0. The Labute approximate surface area is 245 Å². The number of methoxy groups -OCH3 is 1. The number of imide groups is 1. The van der Waals surface area contributed by atoms with Crippen LogP contribution in [0.3, 0.4) is 0 Å². The zero-order chi connectivity index (χ0) is 31.7. The summed E-state index contributed by atoms with van der Waals surface area (Å²) in [4.78, 5) is 43.2. The van der Waals surface area contributed by atoms with Gasteiger partial charge < -0.3 is 9.29 Å². The minimum absolute atomic E-state index is 0.328. The number of alkyl halides is 3. The van der Waals surface area contributed by atoms with E-state index in [4.69, 9.17) is 17.7 Å². The van der Waals surface area contributed by atoms with Crippen molar-refractivity contribution in [1.82, 2.24) is 9.80 Å². The van der Waals surface area contributed by atoms with Crippen LogP contribution in [0.2, 0.25) is 0 Å². The van der Waals surface area contributed by atoms with Crippen molar-refractivity contribution in [2.75, 3.05) is 21.2 Å². The molecule has 2 aliphatic rings. The van der Waals surface area contributed by atoms with Crippen LogP contribution in [-0.2, 0) is 19.6 Å². The highest BCUT2D eigenvalue weighted by Crippen LogP contribution is 2.41. The molecule has 0 radical (unpaired) electrons. The van der Waals surface area contributed by atoms with Gasteiger partial charge in [0.2, 0.25) is 6.04 Å². The molecule has 2 aliphatic heterocycles. The lowest BCUT2D eigenvalue weighted by molar-refractivity contribution is -0.477. The first-order valence-electron chi connectivity index (χ1n) is 12.7. The Morgan fingerprint density at radius 2 is 1.26 bits per heavy atom. The SMILES string of the molecule is COC(=O)[C@@H]1[C@H](N2C(=O)c3ccccc3C2=O)C(=[N+](C)C)N1C(c1ccccc1)c1ccccc1.O=S(=O)([O-])C(F)(F)F. The van der Waals surface area contributed by atoms with Crippen LogP contribution in [-0.4, -0.2) is 89.8 Å². The fourth-order valence-corrected chi connectivity index (χ4v) is 5.16. The molecule has 10 nitrogen and oxygen atoms in total. The lowest BCUT2D eigenvalue weighted by Crippen LogP contribution is -2.76. The molecule has 2 amide bonds. The van der Waals surface area contributed by atoms with Crippen molar-refractivity contribution in [3.63, 3.8) is 0 Å². The smallest absolute Gasteiger partial charge is 0.485 e. The van der Waals surface area contributed by atoms with Gasteiger partial charge in [-0.3, -0.25) is 19.1 Å². The molecule has 5 rings (SSSR count). The van der Waals surface area contributed by atoms with E-state index in [0.29, 0.717) is 17.0 Å². The molecular weight excluding hydrogens is 591 g/mol. The second-order valence-corrected chi connectivity index (χ2v) is 11.1. The molecule has 226 valence electrons. The Hall–Kier alpha value is -4.56. The number of carbonyl (C=O) groups is 3. The zero-order valence-corrected chi connectivity index (χ0v) is 23.9. The predicted molar refractivity (Wildman–Crippen MR) is 146 cm³/mol. The summed E-state index contributed by atoms with van der Waals surface area (Å²) in [5.41, 5.74) is -2.99.